The molecule has 76 valence electrons. The highest BCUT2D eigenvalue weighted by molar-refractivity contribution is 7.09. The van der Waals surface area contributed by atoms with E-state index >= 15 is 0 Å². The van der Waals surface area contributed by atoms with Crippen LogP contribution >= 0.6 is 11.3 Å². The Morgan fingerprint density at radius 3 is 2.79 bits per heavy atom. The predicted molar refractivity (Wildman–Crippen MR) is 59.3 cm³/mol. The summed E-state index contributed by atoms with van der Waals surface area (Å²) >= 11 is 1.67. The van der Waals surface area contributed by atoms with Crippen LogP contribution in [0.15, 0.2) is 5.38 Å². The van der Waals surface area contributed by atoms with Gasteiger partial charge in [-0.15, -0.1) is 11.3 Å². The Morgan fingerprint density at radius 2 is 2.29 bits per heavy atom. The molecule has 0 saturated carbocycles. The quantitative estimate of drug-likeness (QED) is 0.760. The zero-order valence-electron chi connectivity index (χ0n) is 8.95. The first kappa shape index (κ1) is 11.2. The van der Waals surface area contributed by atoms with Gasteiger partial charge in [-0.1, -0.05) is 20.8 Å². The summed E-state index contributed by atoms with van der Waals surface area (Å²) in [6.07, 6.45) is 1.87. The third-order valence-electron chi connectivity index (χ3n) is 2.07. The summed E-state index contributed by atoms with van der Waals surface area (Å²) in [5.41, 5.74) is 0.954. The molecule has 0 fully saturated rings. The predicted octanol–water partition coefficient (Wildman–Crippen LogP) is 3.36. The summed E-state index contributed by atoms with van der Waals surface area (Å²) in [4.78, 5) is 4.49. The van der Waals surface area contributed by atoms with Crippen molar-refractivity contribution in [3.8, 4) is 6.07 Å². The van der Waals surface area contributed by atoms with Gasteiger partial charge in [0.15, 0.2) is 0 Å². The fraction of sp³-hybridized carbons (Fsp3) is 0.636. The molecule has 1 unspecified atom stereocenters. The first-order chi connectivity index (χ1) is 6.67. The monoisotopic (exact) mass is 208 g/mol. The molecule has 0 aliphatic rings. The molecule has 0 bridgehead atoms. The van der Waals surface area contributed by atoms with E-state index in [1.165, 1.54) is 0 Å². The minimum absolute atomic E-state index is 0.0211. The van der Waals surface area contributed by atoms with Crippen LogP contribution in [0.2, 0.25) is 0 Å². The van der Waals surface area contributed by atoms with E-state index in [2.05, 4.69) is 24.9 Å². The van der Waals surface area contributed by atoms with Crippen LogP contribution in [0.1, 0.15) is 43.8 Å². The highest BCUT2D eigenvalue weighted by Crippen LogP contribution is 2.22. The number of nitriles is 1. The first-order valence-electron chi connectivity index (χ1n) is 5.01. The highest BCUT2D eigenvalue weighted by Gasteiger charge is 2.12. The minimum atomic E-state index is -0.0211. The van der Waals surface area contributed by atoms with E-state index in [1.807, 2.05) is 12.3 Å². The molecule has 0 saturated heterocycles. The van der Waals surface area contributed by atoms with Crippen LogP contribution in [0, 0.1) is 17.2 Å². The third-order valence-corrected chi connectivity index (χ3v) is 2.96. The van der Waals surface area contributed by atoms with Gasteiger partial charge in [0.05, 0.1) is 22.7 Å². The van der Waals surface area contributed by atoms with Gasteiger partial charge in [0.1, 0.15) is 0 Å². The summed E-state index contributed by atoms with van der Waals surface area (Å²) in [7, 11) is 0. The molecule has 1 rings (SSSR count). The average Bonchev–Trinajstić information content (AvgIpc) is 2.54. The van der Waals surface area contributed by atoms with Crippen molar-refractivity contribution in [1.29, 1.82) is 5.26 Å². The Morgan fingerprint density at radius 1 is 1.57 bits per heavy atom. The van der Waals surface area contributed by atoms with Gasteiger partial charge in [0, 0.05) is 11.8 Å². The van der Waals surface area contributed by atoms with Crippen LogP contribution < -0.4 is 0 Å². The van der Waals surface area contributed by atoms with Gasteiger partial charge in [-0.3, -0.25) is 0 Å². The lowest BCUT2D eigenvalue weighted by atomic mass is 10.1. The molecular weight excluding hydrogens is 192 g/mol. The summed E-state index contributed by atoms with van der Waals surface area (Å²) in [5, 5.41) is 12.1. The molecule has 0 aliphatic carbocycles. The van der Waals surface area contributed by atoms with E-state index in [-0.39, 0.29) is 5.92 Å². The number of aromatic nitrogens is 1. The molecule has 1 aromatic rings. The van der Waals surface area contributed by atoms with Crippen molar-refractivity contribution in [2.45, 2.75) is 39.5 Å². The van der Waals surface area contributed by atoms with Crippen LogP contribution in [0.3, 0.4) is 0 Å². The largest absolute Gasteiger partial charge is 0.245 e. The Balaban J connectivity index is 2.73. The topological polar surface area (TPSA) is 36.7 Å². The second-order valence-corrected chi connectivity index (χ2v) is 4.80. The van der Waals surface area contributed by atoms with E-state index in [9.17, 15) is 0 Å². The van der Waals surface area contributed by atoms with Crippen molar-refractivity contribution in [1.82, 2.24) is 4.98 Å². The average molecular weight is 208 g/mol. The van der Waals surface area contributed by atoms with Crippen molar-refractivity contribution in [2.24, 2.45) is 5.92 Å². The SMILES string of the molecule is CCC(C#N)c1csc(CC(C)C)n1. The minimum Gasteiger partial charge on any atom is -0.245 e. The van der Waals surface area contributed by atoms with Gasteiger partial charge in [-0.2, -0.15) is 5.26 Å². The van der Waals surface area contributed by atoms with Crippen LogP contribution in [-0.2, 0) is 6.42 Å². The van der Waals surface area contributed by atoms with Crippen molar-refractivity contribution in [3.63, 3.8) is 0 Å². The first-order valence-corrected chi connectivity index (χ1v) is 5.89. The molecule has 1 heterocycles. The van der Waals surface area contributed by atoms with Gasteiger partial charge in [0.25, 0.3) is 0 Å². The molecule has 0 radical (unpaired) electrons. The molecule has 14 heavy (non-hydrogen) atoms. The lowest BCUT2D eigenvalue weighted by Gasteiger charge is -2.01. The van der Waals surface area contributed by atoms with Crippen molar-refractivity contribution in [2.75, 3.05) is 0 Å². The van der Waals surface area contributed by atoms with Gasteiger partial charge in [-0.05, 0) is 12.3 Å². The number of hydrogen-bond donors (Lipinski definition) is 0. The van der Waals surface area contributed by atoms with Crippen LogP contribution in [-0.4, -0.2) is 4.98 Å². The molecular formula is C11H16N2S. The molecule has 1 atom stereocenters. The molecule has 0 aromatic carbocycles. The van der Waals surface area contributed by atoms with Gasteiger partial charge in [-0.25, -0.2) is 4.98 Å². The highest BCUT2D eigenvalue weighted by atomic mass is 32.1. The number of nitrogens with zero attached hydrogens (tertiary/aromatic N) is 2. The summed E-state index contributed by atoms with van der Waals surface area (Å²) in [6.45, 7) is 6.39. The van der Waals surface area contributed by atoms with Gasteiger partial charge in [0.2, 0.25) is 0 Å². The summed E-state index contributed by atoms with van der Waals surface area (Å²) in [5.74, 6) is 0.614. The summed E-state index contributed by atoms with van der Waals surface area (Å²) < 4.78 is 0. The van der Waals surface area contributed by atoms with Gasteiger partial charge >= 0.3 is 0 Å². The van der Waals surface area contributed by atoms with Crippen LogP contribution in [0.25, 0.3) is 0 Å². The molecule has 0 spiro atoms. The second kappa shape index (κ2) is 5.11. The van der Waals surface area contributed by atoms with Crippen molar-refractivity contribution < 1.29 is 0 Å². The fourth-order valence-corrected chi connectivity index (χ4v) is 2.36. The summed E-state index contributed by atoms with van der Waals surface area (Å²) in [6, 6.07) is 2.28. The zero-order valence-corrected chi connectivity index (χ0v) is 9.77. The molecule has 0 amide bonds. The number of rotatable bonds is 4. The maximum absolute atomic E-state index is 8.89. The van der Waals surface area contributed by atoms with E-state index in [4.69, 9.17) is 5.26 Å². The Bertz CT molecular complexity index is 322. The lowest BCUT2D eigenvalue weighted by molar-refractivity contribution is 0.641. The molecule has 0 aliphatic heterocycles. The van der Waals surface area contributed by atoms with Crippen LogP contribution in [0.5, 0.6) is 0 Å². The number of hydrogen-bond acceptors (Lipinski definition) is 3. The van der Waals surface area contributed by atoms with E-state index in [0.717, 1.165) is 23.5 Å². The lowest BCUT2D eigenvalue weighted by Crippen LogP contribution is -1.97. The Labute approximate surface area is 89.6 Å². The van der Waals surface area contributed by atoms with Crippen molar-refractivity contribution >= 4 is 11.3 Å². The second-order valence-electron chi connectivity index (χ2n) is 3.85. The Kier molecular flexibility index (Phi) is 4.09. The zero-order chi connectivity index (χ0) is 10.6. The molecule has 2 nitrogen and oxygen atoms in total. The van der Waals surface area contributed by atoms with Crippen molar-refractivity contribution in [3.05, 3.63) is 16.1 Å². The smallest absolute Gasteiger partial charge is 0.0931 e. The van der Waals surface area contributed by atoms with Gasteiger partial charge < -0.3 is 0 Å². The Hall–Kier alpha value is -0.880. The molecule has 0 N–H and O–H groups in total. The fourth-order valence-electron chi connectivity index (χ4n) is 1.29. The van der Waals surface area contributed by atoms with E-state index in [1.54, 1.807) is 11.3 Å². The standard InChI is InChI=1S/C11H16N2S/c1-4-9(6-12)10-7-14-11(13-10)5-8(2)3/h7-9H,4-5H2,1-3H3. The molecule has 1 aromatic heterocycles. The number of thiazole rings is 1. The van der Waals surface area contributed by atoms with E-state index < -0.39 is 0 Å². The van der Waals surface area contributed by atoms with Crippen LogP contribution in [0.4, 0.5) is 0 Å². The van der Waals surface area contributed by atoms with E-state index in [0.29, 0.717) is 5.92 Å². The molecule has 3 heteroatoms. The maximum atomic E-state index is 8.89. The third kappa shape index (κ3) is 2.81. The maximum Gasteiger partial charge on any atom is 0.0931 e. The normalized spacial score (nSPS) is 12.8.